The third kappa shape index (κ3) is 7.53. The molecule has 37 heavy (non-hydrogen) atoms. The van der Waals surface area contributed by atoms with E-state index in [-0.39, 0.29) is 22.1 Å². The zero-order valence-electron chi connectivity index (χ0n) is 22.7. The van der Waals surface area contributed by atoms with Crippen LogP contribution in [0, 0.1) is 6.92 Å². The summed E-state index contributed by atoms with van der Waals surface area (Å²) in [7, 11) is -0.316. The van der Waals surface area contributed by atoms with Crippen LogP contribution in [-0.2, 0) is 10.9 Å². The van der Waals surface area contributed by atoms with Gasteiger partial charge in [0.1, 0.15) is 34.2 Å². The maximum atomic E-state index is 6.09. The van der Waals surface area contributed by atoms with Crippen LogP contribution in [-0.4, -0.2) is 16.2 Å². The second kappa shape index (κ2) is 10.9. The highest BCUT2D eigenvalue weighted by molar-refractivity contribution is 7.97. The number of ether oxygens (including phenoxy) is 3. The predicted molar refractivity (Wildman–Crippen MR) is 151 cm³/mol. The monoisotopic (exact) mass is 514 g/mol. The van der Waals surface area contributed by atoms with Crippen LogP contribution in [0.1, 0.15) is 47.2 Å². The average Bonchev–Trinajstić information content (AvgIpc) is 2.82. The fourth-order valence-electron chi connectivity index (χ4n) is 3.75. The van der Waals surface area contributed by atoms with Gasteiger partial charge in [0.15, 0.2) is 14.7 Å². The maximum absolute atomic E-state index is 6.09. The first-order chi connectivity index (χ1) is 17.5. The van der Waals surface area contributed by atoms with Gasteiger partial charge in [0.25, 0.3) is 0 Å². The molecule has 0 unspecified atom stereocenters. The minimum Gasteiger partial charge on any atom is -0.488 e. The number of benzene rings is 3. The van der Waals surface area contributed by atoms with Crippen LogP contribution in [0.25, 0.3) is 0 Å². The highest BCUT2D eigenvalue weighted by Gasteiger charge is 2.29. The first-order valence-electron chi connectivity index (χ1n) is 12.5. The highest BCUT2D eigenvalue weighted by atomic mass is 32.2. The molecule has 1 aromatic heterocycles. The lowest BCUT2D eigenvalue weighted by molar-refractivity contribution is 0.130. The van der Waals surface area contributed by atoms with Crippen molar-refractivity contribution in [3.8, 4) is 23.0 Å². The molecule has 0 radical (unpaired) electrons. The van der Waals surface area contributed by atoms with Gasteiger partial charge in [-0.2, -0.15) is 0 Å². The fraction of sp³-hybridized carbons (Fsp3) is 0.281. The van der Waals surface area contributed by atoms with Crippen molar-refractivity contribution in [3.05, 3.63) is 96.8 Å². The van der Waals surface area contributed by atoms with E-state index in [1.54, 1.807) is 6.20 Å². The molecule has 192 valence electrons. The lowest BCUT2D eigenvalue weighted by Crippen LogP contribution is -2.23. The van der Waals surface area contributed by atoms with E-state index in [9.17, 15) is 0 Å². The summed E-state index contributed by atoms with van der Waals surface area (Å²) in [5.41, 5.74) is 0.379. The Morgan fingerprint density at radius 2 is 0.973 bits per heavy atom. The van der Waals surface area contributed by atoms with Gasteiger partial charge in [-0.05, 0) is 133 Å². The molecule has 0 aliphatic rings. The van der Waals surface area contributed by atoms with E-state index in [0.29, 0.717) is 0 Å². The smallest absolute Gasteiger partial charge is 0.166 e. The second-order valence-corrected chi connectivity index (χ2v) is 12.9. The van der Waals surface area contributed by atoms with Gasteiger partial charge in [-0.3, -0.25) is 4.98 Å². The summed E-state index contributed by atoms with van der Waals surface area (Å²) in [6.45, 7) is 14.3. The van der Waals surface area contributed by atoms with E-state index in [1.807, 2.05) is 31.2 Å². The van der Waals surface area contributed by atoms with Crippen LogP contribution in [0.3, 0.4) is 0 Å². The van der Waals surface area contributed by atoms with Crippen LogP contribution < -0.4 is 14.2 Å². The molecule has 0 saturated heterocycles. The number of aromatic nitrogens is 1. The van der Waals surface area contributed by atoms with Crippen molar-refractivity contribution in [1.82, 2.24) is 4.98 Å². The zero-order valence-corrected chi connectivity index (χ0v) is 23.6. The van der Waals surface area contributed by atoms with Crippen molar-refractivity contribution in [1.29, 1.82) is 0 Å². The van der Waals surface area contributed by atoms with Crippen LogP contribution in [0.2, 0.25) is 0 Å². The summed E-state index contributed by atoms with van der Waals surface area (Å²) >= 11 is 0. The lowest BCUT2D eigenvalue weighted by atomic mass is 10.2. The fourth-order valence-corrected chi connectivity index (χ4v) is 5.79. The van der Waals surface area contributed by atoms with Crippen LogP contribution in [0.4, 0.5) is 0 Å². The van der Waals surface area contributed by atoms with Gasteiger partial charge >= 0.3 is 0 Å². The maximum Gasteiger partial charge on any atom is 0.166 e. The first kappa shape index (κ1) is 26.6. The number of aryl methyl sites for hydroxylation is 1. The quantitative estimate of drug-likeness (QED) is 0.231. The molecule has 0 amide bonds. The summed E-state index contributed by atoms with van der Waals surface area (Å²) < 4.78 is 18.2. The van der Waals surface area contributed by atoms with Gasteiger partial charge in [0.2, 0.25) is 0 Å². The number of nitrogens with zero attached hydrogens (tertiary/aromatic N) is 1. The Hall–Kier alpha value is -3.44. The average molecular weight is 515 g/mol. The number of pyridine rings is 1. The van der Waals surface area contributed by atoms with Gasteiger partial charge in [0, 0.05) is 6.20 Å². The van der Waals surface area contributed by atoms with E-state index in [4.69, 9.17) is 14.2 Å². The minimum atomic E-state index is -0.316. The van der Waals surface area contributed by atoms with E-state index >= 15 is 0 Å². The summed E-state index contributed by atoms with van der Waals surface area (Å²) in [4.78, 5) is 7.93. The number of rotatable bonds is 7. The molecule has 0 spiro atoms. The Bertz CT molecular complexity index is 1240. The summed E-state index contributed by atoms with van der Waals surface area (Å²) in [5, 5.41) is 0. The summed E-state index contributed by atoms with van der Waals surface area (Å²) in [5.74, 6) is 3.28. The third-order valence-corrected chi connectivity index (χ3v) is 7.44. The molecule has 4 aromatic rings. The van der Waals surface area contributed by atoms with Crippen molar-refractivity contribution in [3.63, 3.8) is 0 Å². The Morgan fingerprint density at radius 1 is 0.568 bits per heavy atom. The Labute approximate surface area is 224 Å². The van der Waals surface area contributed by atoms with Gasteiger partial charge in [-0.25, -0.2) is 0 Å². The normalized spacial score (nSPS) is 11.9. The van der Waals surface area contributed by atoms with Crippen LogP contribution in [0.5, 0.6) is 23.0 Å². The predicted octanol–water partition coefficient (Wildman–Crippen LogP) is 8.63. The van der Waals surface area contributed by atoms with Crippen LogP contribution in [0.15, 0.2) is 106 Å². The molecule has 0 N–H and O–H groups in total. The highest BCUT2D eigenvalue weighted by Crippen LogP contribution is 2.35. The van der Waals surface area contributed by atoms with Crippen molar-refractivity contribution < 1.29 is 14.2 Å². The van der Waals surface area contributed by atoms with Crippen molar-refractivity contribution in [2.24, 2.45) is 0 Å². The molecule has 0 aliphatic heterocycles. The summed E-state index contributed by atoms with van der Waals surface area (Å²) in [6, 6.07) is 29.0. The molecule has 0 fully saturated rings. The molecule has 4 nitrogen and oxygen atoms in total. The Kier molecular flexibility index (Phi) is 7.84. The second-order valence-electron chi connectivity index (χ2n) is 10.8. The van der Waals surface area contributed by atoms with E-state index < -0.39 is 0 Å². The summed E-state index contributed by atoms with van der Waals surface area (Å²) in [6.07, 6.45) is 1.77. The van der Waals surface area contributed by atoms with Crippen molar-refractivity contribution in [2.45, 2.75) is 74.4 Å². The lowest BCUT2D eigenvalue weighted by Gasteiger charge is -2.21. The van der Waals surface area contributed by atoms with E-state index in [0.717, 1.165) is 28.7 Å². The minimum absolute atomic E-state index is 0.242. The molecular formula is C32H36NO3S+. The van der Waals surface area contributed by atoms with Gasteiger partial charge < -0.3 is 14.2 Å². The molecule has 0 aliphatic carbocycles. The van der Waals surface area contributed by atoms with Crippen molar-refractivity contribution >= 4 is 10.9 Å². The molecule has 5 heteroatoms. The van der Waals surface area contributed by atoms with E-state index in [2.05, 4.69) is 107 Å². The molecular weight excluding hydrogens is 478 g/mol. The van der Waals surface area contributed by atoms with E-state index in [1.165, 1.54) is 14.7 Å². The van der Waals surface area contributed by atoms with Gasteiger partial charge in [0.05, 0.1) is 16.6 Å². The third-order valence-electron chi connectivity index (χ3n) is 5.21. The molecule has 4 rings (SSSR count). The Morgan fingerprint density at radius 3 is 1.35 bits per heavy atom. The molecule has 0 bridgehead atoms. The number of hydrogen-bond acceptors (Lipinski definition) is 4. The topological polar surface area (TPSA) is 40.6 Å². The van der Waals surface area contributed by atoms with Gasteiger partial charge in [-0.15, -0.1) is 0 Å². The molecule has 0 atom stereocenters. The first-order valence-corrected chi connectivity index (χ1v) is 13.7. The molecule has 0 saturated carbocycles. The molecule has 1 heterocycles. The van der Waals surface area contributed by atoms with Crippen molar-refractivity contribution in [2.75, 3.05) is 0 Å². The standard InChI is InChI=1S/C32H36NO3S/c1-23-30(9-8-22-33-23)34-24-10-16-27(17-11-24)37(28-18-12-25(13-19-28)35-31(2,3)4)29-20-14-26(15-21-29)36-32(5,6)7/h8-22H,1-7H3/q+1. The number of hydrogen-bond donors (Lipinski definition) is 0. The van der Waals surface area contributed by atoms with Gasteiger partial charge in [-0.1, -0.05) is 0 Å². The SMILES string of the molecule is Cc1ncccc1Oc1ccc([S+](c2ccc(OC(C)(C)C)cc2)c2ccc(OC(C)(C)C)cc2)cc1. The largest absolute Gasteiger partial charge is 0.488 e. The van der Waals surface area contributed by atoms with Crippen LogP contribution >= 0.6 is 0 Å². The molecule has 3 aromatic carbocycles. The zero-order chi connectivity index (χ0) is 26.6. The Balaban J connectivity index is 1.66.